The summed E-state index contributed by atoms with van der Waals surface area (Å²) in [5.74, 6) is 0.121. The molecular weight excluding hydrogens is 339 g/mol. The predicted molar refractivity (Wildman–Crippen MR) is 43.7 cm³/mol. The molecule has 0 N–H and O–H groups in total. The summed E-state index contributed by atoms with van der Waals surface area (Å²) in [5, 5.41) is 0. The van der Waals surface area contributed by atoms with Crippen LogP contribution in [0.2, 0.25) is 0 Å². The number of amides is 1. The zero-order chi connectivity index (χ0) is 8.10. The first-order valence-corrected chi connectivity index (χ1v) is 5.53. The first-order valence-electron chi connectivity index (χ1n) is 3.52. The van der Waals surface area contributed by atoms with Crippen LogP contribution in [-0.2, 0) is 9.53 Å². The number of rotatable bonds is 1. The third-order valence-electron chi connectivity index (χ3n) is 1.54. The molecule has 1 fully saturated rings. The Labute approximate surface area is 81.5 Å². The summed E-state index contributed by atoms with van der Waals surface area (Å²) >= 11 is 1.13. The molecule has 0 atom stereocenters. The van der Waals surface area contributed by atoms with E-state index < -0.39 is 0 Å². The summed E-state index contributed by atoms with van der Waals surface area (Å²) in [6.45, 7) is 2.83. The topological polar surface area (TPSA) is 29.5 Å². The van der Waals surface area contributed by atoms with E-state index in [1.54, 1.807) is 6.08 Å². The Bertz CT molecular complexity index is 164. The van der Waals surface area contributed by atoms with Gasteiger partial charge in [0.15, 0.2) is 0 Å². The van der Waals surface area contributed by atoms with Crippen molar-refractivity contribution in [1.29, 1.82) is 0 Å². The fourth-order valence-corrected chi connectivity index (χ4v) is 1.45. The fraction of sp³-hybridized carbons (Fsp3) is 0.571. The number of hydrogen-bond donors (Lipinski definition) is 0. The molecule has 0 radical (unpaired) electrons. The van der Waals surface area contributed by atoms with Crippen molar-refractivity contribution in [2.24, 2.45) is 0 Å². The van der Waals surface area contributed by atoms with Gasteiger partial charge in [-0.15, -0.1) is 0 Å². The normalized spacial score (nSPS) is 19.2. The van der Waals surface area contributed by atoms with Crippen molar-refractivity contribution in [3.8, 4) is 0 Å². The van der Waals surface area contributed by atoms with Gasteiger partial charge < -0.3 is 0 Å². The molecule has 0 aromatic heterocycles. The van der Waals surface area contributed by atoms with E-state index in [4.69, 9.17) is 4.74 Å². The van der Waals surface area contributed by atoms with Gasteiger partial charge in [-0.05, 0) is 0 Å². The van der Waals surface area contributed by atoms with E-state index in [1.807, 2.05) is 8.63 Å². The van der Waals surface area contributed by atoms with Crippen LogP contribution in [0.15, 0.2) is 9.81 Å². The van der Waals surface area contributed by atoms with E-state index >= 15 is 0 Å². The third kappa shape index (κ3) is 2.89. The van der Waals surface area contributed by atoms with Gasteiger partial charge in [-0.3, -0.25) is 0 Å². The number of carbonyl (C=O) groups excluding carboxylic acids is 1. The Morgan fingerprint density at radius 2 is 2.09 bits per heavy atom. The molecule has 0 bridgehead atoms. The van der Waals surface area contributed by atoms with Gasteiger partial charge in [0.1, 0.15) is 0 Å². The van der Waals surface area contributed by atoms with Crippen LogP contribution in [0.5, 0.6) is 0 Å². The quantitative estimate of drug-likeness (QED) is 0.583. The van der Waals surface area contributed by atoms with Crippen molar-refractivity contribution >= 4 is 31.0 Å². The Balaban J connectivity index is 2.38. The molecule has 1 aliphatic heterocycles. The van der Waals surface area contributed by atoms with Crippen molar-refractivity contribution in [3.63, 3.8) is 0 Å². The summed E-state index contributed by atoms with van der Waals surface area (Å²) in [6.07, 6.45) is 1.64. The fourth-order valence-electron chi connectivity index (χ4n) is 0.953. The standard InChI is InChI=1S/C7H10NO2.Po.H/c1-2-7(9)8-3-5-10-6-4-8;;/h1-2H,3-6H2;;. The van der Waals surface area contributed by atoms with Gasteiger partial charge in [0, 0.05) is 0 Å². The molecule has 0 aromatic carbocycles. The Kier molecular flexibility index (Phi) is 4.03. The van der Waals surface area contributed by atoms with Crippen LogP contribution < -0.4 is 0 Å². The van der Waals surface area contributed by atoms with Crippen LogP contribution in [0.3, 0.4) is 0 Å². The second-order valence-electron chi connectivity index (χ2n) is 2.25. The molecule has 0 aliphatic carbocycles. The van der Waals surface area contributed by atoms with Crippen LogP contribution >= 0.6 is 0 Å². The molecule has 4 heteroatoms. The molecule has 1 saturated heterocycles. The number of ether oxygens (including phenoxy) is 1. The van der Waals surface area contributed by atoms with Crippen LogP contribution in [0, 0.1) is 0 Å². The van der Waals surface area contributed by atoms with Gasteiger partial charge in [-0.1, -0.05) is 0 Å². The van der Waals surface area contributed by atoms with Crippen LogP contribution in [0.25, 0.3) is 0 Å². The molecule has 62 valence electrons. The monoisotopic (exact) mass is 350 g/mol. The molecule has 11 heavy (non-hydrogen) atoms. The van der Waals surface area contributed by atoms with Crippen molar-refractivity contribution in [1.82, 2.24) is 4.90 Å². The molecule has 1 heterocycles. The Hall–Kier alpha value is 0.0661. The molecule has 0 aromatic rings. The van der Waals surface area contributed by atoms with Gasteiger partial charge >= 0.3 is 81.5 Å². The van der Waals surface area contributed by atoms with Crippen LogP contribution in [-0.4, -0.2) is 62.2 Å². The molecule has 1 amide bonds. The molecule has 0 unspecified atom stereocenters. The molecule has 3 nitrogen and oxygen atoms in total. The third-order valence-corrected chi connectivity index (χ3v) is 2.12. The van der Waals surface area contributed by atoms with E-state index in [-0.39, 0.29) is 5.91 Å². The molecule has 0 spiro atoms. The summed E-state index contributed by atoms with van der Waals surface area (Å²) in [5.41, 5.74) is 0. The van der Waals surface area contributed by atoms with E-state index in [2.05, 4.69) is 0 Å². The summed E-state index contributed by atoms with van der Waals surface area (Å²) < 4.78 is 6.99. The van der Waals surface area contributed by atoms with Crippen molar-refractivity contribution in [2.45, 2.75) is 0 Å². The van der Waals surface area contributed by atoms with Crippen molar-refractivity contribution < 1.29 is 9.53 Å². The molecule has 1 aliphatic rings. The van der Waals surface area contributed by atoms with Crippen molar-refractivity contribution in [2.75, 3.05) is 26.3 Å². The summed E-state index contributed by atoms with van der Waals surface area (Å²) in [7, 11) is 0. The van der Waals surface area contributed by atoms with Crippen LogP contribution in [0.4, 0.5) is 0 Å². The molecule has 0 saturated carbocycles. The second kappa shape index (κ2) is 4.85. The van der Waals surface area contributed by atoms with Gasteiger partial charge in [0.05, 0.1) is 0 Å². The summed E-state index contributed by atoms with van der Waals surface area (Å²) in [4.78, 5) is 13.0. The van der Waals surface area contributed by atoms with Gasteiger partial charge in [-0.2, -0.15) is 0 Å². The minimum absolute atomic E-state index is 0.121. The average Bonchev–Trinajstić information content (AvgIpc) is 2.07. The van der Waals surface area contributed by atoms with E-state index in [1.165, 1.54) is 0 Å². The summed E-state index contributed by atoms with van der Waals surface area (Å²) in [6, 6.07) is 0. The van der Waals surface area contributed by atoms with Gasteiger partial charge in [-0.25, -0.2) is 0 Å². The number of nitrogens with zero attached hydrogens (tertiary/aromatic N) is 1. The predicted octanol–water partition coefficient (Wildman–Crippen LogP) is -0.740. The van der Waals surface area contributed by atoms with Crippen molar-refractivity contribution in [3.05, 3.63) is 9.81 Å². The van der Waals surface area contributed by atoms with E-state index in [0.717, 1.165) is 38.2 Å². The maximum absolute atomic E-state index is 11.2. The number of hydrogen-bond acceptors (Lipinski definition) is 2. The minimum atomic E-state index is 0.121. The van der Waals surface area contributed by atoms with Gasteiger partial charge in [0.2, 0.25) is 0 Å². The Morgan fingerprint density at radius 3 is 2.64 bits per heavy atom. The van der Waals surface area contributed by atoms with Crippen LogP contribution in [0.1, 0.15) is 0 Å². The Morgan fingerprint density at radius 1 is 1.45 bits per heavy atom. The first kappa shape index (κ1) is 9.16. The van der Waals surface area contributed by atoms with E-state index in [9.17, 15) is 4.79 Å². The molecular formula is C7H11NO2Po. The SMILES string of the molecule is O=C(C=[CH][PoH])N1CCOCC1. The molecule has 1 rings (SSSR count). The van der Waals surface area contributed by atoms with Gasteiger partial charge in [0.25, 0.3) is 0 Å². The number of morpholine rings is 1. The first-order chi connectivity index (χ1) is 5.34. The maximum atomic E-state index is 11.2. The average molecular weight is 350 g/mol. The second-order valence-corrected chi connectivity index (χ2v) is 3.41. The zero-order valence-electron chi connectivity index (χ0n) is 6.19. The zero-order valence-corrected chi connectivity index (χ0v) is 9.67. The van der Waals surface area contributed by atoms with E-state index in [0.29, 0.717) is 13.2 Å². The number of carbonyl (C=O) groups is 1.